The Kier molecular flexibility index (Phi) is 7.75. The highest BCUT2D eigenvalue weighted by Crippen LogP contribution is 2.38. The number of nitrogens with one attached hydrogen (secondary N) is 1. The summed E-state index contributed by atoms with van der Waals surface area (Å²) < 4.78 is 0. The van der Waals surface area contributed by atoms with E-state index in [1.807, 2.05) is 4.90 Å². The van der Waals surface area contributed by atoms with Crippen LogP contribution in [0.15, 0.2) is 0 Å². The summed E-state index contributed by atoms with van der Waals surface area (Å²) in [5, 5.41) is 3.22. The minimum Gasteiger partial charge on any atom is -0.352 e. The van der Waals surface area contributed by atoms with E-state index >= 15 is 0 Å². The molecule has 1 aliphatic heterocycles. The molecule has 160 valence electrons. The molecule has 2 saturated carbocycles. The Bertz CT molecular complexity index is 525. The second kappa shape index (κ2) is 10.1. The third-order valence-corrected chi connectivity index (χ3v) is 7.27. The predicted molar refractivity (Wildman–Crippen MR) is 112 cm³/mol. The topological polar surface area (TPSA) is 78.7 Å². The molecule has 3 rings (SSSR count). The van der Waals surface area contributed by atoms with Crippen molar-refractivity contribution in [3.8, 4) is 0 Å². The maximum atomic E-state index is 12.8. The minimum absolute atomic E-state index is 0.0312. The fourth-order valence-corrected chi connectivity index (χ4v) is 5.38. The van der Waals surface area contributed by atoms with Crippen LogP contribution in [0, 0.1) is 11.3 Å². The number of nitrogens with two attached hydrogens (primary N) is 1. The number of hydrogen-bond acceptors (Lipinski definition) is 4. The van der Waals surface area contributed by atoms with E-state index in [-0.39, 0.29) is 17.2 Å². The molecule has 6 heteroatoms. The van der Waals surface area contributed by atoms with Crippen molar-refractivity contribution in [2.75, 3.05) is 39.3 Å². The predicted octanol–water partition coefficient (Wildman–Crippen LogP) is 2.12. The van der Waals surface area contributed by atoms with Crippen molar-refractivity contribution in [3.05, 3.63) is 0 Å². The molecule has 2 unspecified atom stereocenters. The fraction of sp³-hybridized carbons (Fsp3) is 0.909. The first-order chi connectivity index (χ1) is 13.5. The highest BCUT2D eigenvalue weighted by atomic mass is 16.2. The minimum atomic E-state index is 0.0312. The number of nitrogens with zero attached hydrogens (tertiary/aromatic N) is 2. The second-order valence-corrected chi connectivity index (χ2v) is 9.63. The van der Waals surface area contributed by atoms with Crippen molar-refractivity contribution in [1.82, 2.24) is 15.1 Å². The summed E-state index contributed by atoms with van der Waals surface area (Å²) in [6.45, 7) is 6.39. The summed E-state index contributed by atoms with van der Waals surface area (Å²) >= 11 is 0. The molecule has 1 saturated heterocycles. The van der Waals surface area contributed by atoms with Gasteiger partial charge < -0.3 is 16.0 Å². The molecule has 2 amide bonds. The van der Waals surface area contributed by atoms with Gasteiger partial charge in [0.05, 0.1) is 6.54 Å². The van der Waals surface area contributed by atoms with E-state index in [9.17, 15) is 9.59 Å². The van der Waals surface area contributed by atoms with Crippen LogP contribution in [0.2, 0.25) is 0 Å². The van der Waals surface area contributed by atoms with Gasteiger partial charge in [0.2, 0.25) is 11.8 Å². The molecule has 1 heterocycles. The number of carbonyl (C=O) groups excluding carboxylic acids is 2. The van der Waals surface area contributed by atoms with Gasteiger partial charge in [0.25, 0.3) is 0 Å². The van der Waals surface area contributed by atoms with Gasteiger partial charge in [-0.25, -0.2) is 0 Å². The Balaban J connectivity index is 1.39. The Morgan fingerprint density at radius 3 is 2.39 bits per heavy atom. The number of rotatable bonds is 6. The monoisotopic (exact) mass is 392 g/mol. The third-order valence-electron chi connectivity index (χ3n) is 7.27. The first-order valence-electron chi connectivity index (χ1n) is 11.5. The summed E-state index contributed by atoms with van der Waals surface area (Å²) in [6, 6.07) is 0.349. The highest BCUT2D eigenvalue weighted by molar-refractivity contribution is 5.79. The summed E-state index contributed by atoms with van der Waals surface area (Å²) in [5.74, 6) is 1.12. The fourth-order valence-electron chi connectivity index (χ4n) is 5.38. The molecule has 6 nitrogen and oxygen atoms in total. The SMILES string of the molecule is CC1CCCC(NC(=O)CN2CCN(C(=O)CC3(CN)CCCCC3)CC2)C1. The Hall–Kier alpha value is -1.14. The van der Waals surface area contributed by atoms with Gasteiger partial charge in [-0.2, -0.15) is 0 Å². The summed E-state index contributed by atoms with van der Waals surface area (Å²) in [7, 11) is 0. The lowest BCUT2D eigenvalue weighted by Gasteiger charge is -2.39. The van der Waals surface area contributed by atoms with Crippen molar-refractivity contribution < 1.29 is 9.59 Å². The van der Waals surface area contributed by atoms with E-state index in [2.05, 4.69) is 17.1 Å². The van der Waals surface area contributed by atoms with Crippen LogP contribution in [0.3, 0.4) is 0 Å². The van der Waals surface area contributed by atoms with E-state index < -0.39 is 0 Å². The summed E-state index contributed by atoms with van der Waals surface area (Å²) in [5.41, 5.74) is 6.09. The molecule has 0 aromatic heterocycles. The lowest BCUT2D eigenvalue weighted by atomic mass is 9.71. The van der Waals surface area contributed by atoms with E-state index in [0.29, 0.717) is 25.6 Å². The maximum Gasteiger partial charge on any atom is 0.234 e. The highest BCUT2D eigenvalue weighted by Gasteiger charge is 2.35. The molecule has 0 aromatic rings. The summed E-state index contributed by atoms with van der Waals surface area (Å²) in [6.07, 6.45) is 11.2. The van der Waals surface area contributed by atoms with E-state index in [1.54, 1.807) is 0 Å². The van der Waals surface area contributed by atoms with Crippen LogP contribution in [0.1, 0.15) is 71.1 Å². The van der Waals surface area contributed by atoms with Gasteiger partial charge >= 0.3 is 0 Å². The molecule has 3 aliphatic rings. The molecule has 3 N–H and O–H groups in total. The van der Waals surface area contributed by atoms with Crippen LogP contribution in [-0.2, 0) is 9.59 Å². The van der Waals surface area contributed by atoms with E-state index in [4.69, 9.17) is 5.73 Å². The standard InChI is InChI=1S/C22H40N4O2/c1-18-6-5-7-19(14-18)24-20(27)16-25-10-12-26(13-11-25)21(28)15-22(17-23)8-3-2-4-9-22/h18-19H,2-17,23H2,1H3,(H,24,27). The lowest BCUT2D eigenvalue weighted by molar-refractivity contribution is -0.136. The van der Waals surface area contributed by atoms with Gasteiger partial charge in [0, 0.05) is 38.6 Å². The molecular formula is C22H40N4O2. The largest absolute Gasteiger partial charge is 0.352 e. The first kappa shape index (κ1) is 21.6. The zero-order chi connectivity index (χ0) is 20.0. The summed E-state index contributed by atoms with van der Waals surface area (Å²) in [4.78, 5) is 29.4. The van der Waals surface area contributed by atoms with Crippen LogP contribution in [0.4, 0.5) is 0 Å². The maximum absolute atomic E-state index is 12.8. The van der Waals surface area contributed by atoms with Crippen molar-refractivity contribution in [1.29, 1.82) is 0 Å². The molecule has 0 aromatic carbocycles. The second-order valence-electron chi connectivity index (χ2n) is 9.63. The van der Waals surface area contributed by atoms with Crippen molar-refractivity contribution in [3.63, 3.8) is 0 Å². The van der Waals surface area contributed by atoms with Crippen molar-refractivity contribution in [2.24, 2.45) is 17.1 Å². The van der Waals surface area contributed by atoms with Gasteiger partial charge in [-0.05, 0) is 43.6 Å². The van der Waals surface area contributed by atoms with Crippen LogP contribution in [-0.4, -0.2) is 66.9 Å². The van der Waals surface area contributed by atoms with Gasteiger partial charge in [-0.3, -0.25) is 14.5 Å². The molecule has 0 spiro atoms. The van der Waals surface area contributed by atoms with Crippen molar-refractivity contribution >= 4 is 11.8 Å². The normalized spacial score (nSPS) is 28.7. The molecule has 3 fully saturated rings. The van der Waals surface area contributed by atoms with Crippen LogP contribution in [0.25, 0.3) is 0 Å². The Morgan fingerprint density at radius 2 is 1.75 bits per heavy atom. The molecule has 0 bridgehead atoms. The average molecular weight is 393 g/mol. The van der Waals surface area contributed by atoms with Gasteiger partial charge in [0.15, 0.2) is 0 Å². The van der Waals surface area contributed by atoms with Crippen molar-refractivity contribution in [2.45, 2.75) is 77.2 Å². The molecule has 0 radical (unpaired) electrons. The van der Waals surface area contributed by atoms with Crippen LogP contribution in [0.5, 0.6) is 0 Å². The smallest absolute Gasteiger partial charge is 0.234 e. The number of piperazine rings is 1. The third kappa shape index (κ3) is 5.93. The van der Waals surface area contributed by atoms with E-state index in [1.165, 1.54) is 32.1 Å². The number of carbonyl (C=O) groups is 2. The number of amides is 2. The van der Waals surface area contributed by atoms with Gasteiger partial charge in [-0.15, -0.1) is 0 Å². The average Bonchev–Trinajstić information content (AvgIpc) is 2.69. The zero-order valence-electron chi connectivity index (χ0n) is 17.8. The Morgan fingerprint density at radius 1 is 1.04 bits per heavy atom. The van der Waals surface area contributed by atoms with Gasteiger partial charge in [0.1, 0.15) is 0 Å². The van der Waals surface area contributed by atoms with E-state index in [0.717, 1.165) is 57.8 Å². The lowest BCUT2D eigenvalue weighted by Crippen LogP contribution is -2.53. The Labute approximate surface area is 170 Å². The zero-order valence-corrected chi connectivity index (χ0v) is 17.8. The quantitative estimate of drug-likeness (QED) is 0.726. The first-order valence-corrected chi connectivity index (χ1v) is 11.5. The van der Waals surface area contributed by atoms with Gasteiger partial charge in [-0.1, -0.05) is 39.0 Å². The molecule has 2 atom stereocenters. The van der Waals surface area contributed by atoms with Crippen LogP contribution >= 0.6 is 0 Å². The molecule has 2 aliphatic carbocycles. The van der Waals surface area contributed by atoms with Crippen LogP contribution < -0.4 is 11.1 Å². The molecule has 28 heavy (non-hydrogen) atoms. The molecular weight excluding hydrogens is 352 g/mol. The number of hydrogen-bond donors (Lipinski definition) is 2.